The molecular formula is C25H24ClFN2O3. The van der Waals surface area contributed by atoms with Gasteiger partial charge in [0.15, 0.2) is 6.23 Å². The first-order valence-corrected chi connectivity index (χ1v) is 11.4. The van der Waals surface area contributed by atoms with Crippen LogP contribution in [0.1, 0.15) is 77.0 Å². The summed E-state index contributed by atoms with van der Waals surface area (Å²) in [6.45, 7) is 0. The van der Waals surface area contributed by atoms with E-state index in [1.165, 1.54) is 18.6 Å². The predicted molar refractivity (Wildman–Crippen MR) is 120 cm³/mol. The largest absolute Gasteiger partial charge is 0.478 e. The second kappa shape index (κ2) is 8.34. The zero-order valence-corrected chi connectivity index (χ0v) is 18.3. The highest BCUT2D eigenvalue weighted by Gasteiger charge is 2.31. The van der Waals surface area contributed by atoms with Crippen molar-refractivity contribution in [2.24, 2.45) is 0 Å². The molecule has 32 heavy (non-hydrogen) atoms. The first kappa shape index (κ1) is 21.2. The molecule has 0 radical (unpaired) electrons. The Bertz CT molecular complexity index is 1200. The lowest BCUT2D eigenvalue weighted by Gasteiger charge is -2.30. The summed E-state index contributed by atoms with van der Waals surface area (Å²) in [7, 11) is 0. The molecule has 0 amide bonds. The summed E-state index contributed by atoms with van der Waals surface area (Å²) in [4.78, 5) is 11.2. The number of nitrogens with zero attached hydrogens (tertiary/aromatic N) is 2. The van der Waals surface area contributed by atoms with E-state index in [-0.39, 0.29) is 11.1 Å². The Hall–Kier alpha value is -2.70. The topological polar surface area (TPSA) is 75.3 Å². The third kappa shape index (κ3) is 3.51. The Balaban J connectivity index is 1.63. The molecule has 1 aromatic heterocycles. The molecule has 1 atom stereocenters. The summed E-state index contributed by atoms with van der Waals surface area (Å²) in [5.41, 5.74) is 4.12. The number of aliphatic hydroxyl groups excluding tert-OH is 1. The molecule has 3 aromatic rings. The summed E-state index contributed by atoms with van der Waals surface area (Å²) in [5.74, 6) is -1.43. The van der Waals surface area contributed by atoms with Crippen LogP contribution in [0.4, 0.5) is 4.39 Å². The minimum absolute atomic E-state index is 0.110. The van der Waals surface area contributed by atoms with Crippen LogP contribution in [-0.4, -0.2) is 26.0 Å². The number of aromatic carboxylic acids is 1. The fraction of sp³-hybridized carbons (Fsp3) is 0.360. The van der Waals surface area contributed by atoms with Crippen LogP contribution in [0, 0.1) is 5.82 Å². The van der Waals surface area contributed by atoms with E-state index in [0.29, 0.717) is 22.2 Å². The number of carboxylic acids is 1. The molecule has 2 aliphatic rings. The Morgan fingerprint density at radius 3 is 2.62 bits per heavy atom. The van der Waals surface area contributed by atoms with Gasteiger partial charge in [0.2, 0.25) is 0 Å². The van der Waals surface area contributed by atoms with Crippen molar-refractivity contribution in [1.82, 2.24) is 9.78 Å². The summed E-state index contributed by atoms with van der Waals surface area (Å²) in [5, 5.41) is 25.8. The minimum atomic E-state index is -1.18. The molecule has 1 saturated carbocycles. The van der Waals surface area contributed by atoms with Gasteiger partial charge in [0.05, 0.1) is 11.3 Å². The smallest absolute Gasteiger partial charge is 0.335 e. The van der Waals surface area contributed by atoms with Crippen molar-refractivity contribution in [3.05, 3.63) is 75.2 Å². The third-order valence-electron chi connectivity index (χ3n) is 6.80. The second-order valence-corrected chi connectivity index (χ2v) is 9.08. The Labute approximate surface area is 190 Å². The highest BCUT2D eigenvalue weighted by atomic mass is 35.5. The molecule has 0 aliphatic heterocycles. The number of hydrogen-bond acceptors (Lipinski definition) is 3. The van der Waals surface area contributed by atoms with Crippen molar-refractivity contribution in [2.75, 3.05) is 0 Å². The number of aliphatic hydroxyl groups is 1. The Kier molecular flexibility index (Phi) is 5.51. The number of carbonyl (C=O) groups is 1. The number of aromatic nitrogens is 2. The molecule has 2 aliphatic carbocycles. The van der Waals surface area contributed by atoms with Crippen LogP contribution in [-0.2, 0) is 12.8 Å². The quantitative estimate of drug-likeness (QED) is 0.516. The van der Waals surface area contributed by atoms with E-state index in [1.807, 2.05) is 12.1 Å². The molecule has 2 aromatic carbocycles. The normalized spacial score (nSPS) is 17.0. The monoisotopic (exact) mass is 454 g/mol. The molecule has 166 valence electrons. The van der Waals surface area contributed by atoms with Gasteiger partial charge < -0.3 is 10.2 Å². The van der Waals surface area contributed by atoms with Crippen LogP contribution in [0.2, 0.25) is 5.02 Å². The van der Waals surface area contributed by atoms with Gasteiger partial charge >= 0.3 is 5.97 Å². The lowest BCUT2D eigenvalue weighted by Crippen LogP contribution is -2.20. The predicted octanol–water partition coefficient (Wildman–Crippen LogP) is 5.73. The maximum absolute atomic E-state index is 14.9. The summed E-state index contributed by atoms with van der Waals surface area (Å²) < 4.78 is 16.5. The van der Waals surface area contributed by atoms with Crippen molar-refractivity contribution in [3.8, 4) is 11.3 Å². The first-order valence-electron chi connectivity index (χ1n) is 11.1. The molecule has 1 heterocycles. The summed E-state index contributed by atoms with van der Waals surface area (Å²) in [6.07, 6.45) is 5.63. The molecule has 0 saturated heterocycles. The van der Waals surface area contributed by atoms with Crippen molar-refractivity contribution >= 4 is 17.6 Å². The fourth-order valence-corrected chi connectivity index (χ4v) is 5.19. The molecule has 2 N–H and O–H groups in total. The SMILES string of the molecule is O=C(O)c1ccc(-c2nn(C(O)c3c(Cl)cccc3C3CCC3)c3c2CCCC3)c(F)c1. The zero-order chi connectivity index (χ0) is 22.4. The van der Waals surface area contributed by atoms with Gasteiger partial charge in [0.1, 0.15) is 5.82 Å². The fourth-order valence-electron chi connectivity index (χ4n) is 4.91. The van der Waals surface area contributed by atoms with Crippen LogP contribution in [0.3, 0.4) is 0 Å². The number of hydrogen-bond donors (Lipinski definition) is 2. The maximum Gasteiger partial charge on any atom is 0.335 e. The van der Waals surface area contributed by atoms with Crippen LogP contribution in [0.25, 0.3) is 11.3 Å². The number of carboxylic acid groups (broad SMARTS) is 1. The second-order valence-electron chi connectivity index (χ2n) is 8.67. The molecule has 7 heteroatoms. The van der Waals surface area contributed by atoms with E-state index in [4.69, 9.17) is 16.7 Å². The van der Waals surface area contributed by atoms with Gasteiger partial charge in [-0.1, -0.05) is 30.2 Å². The summed E-state index contributed by atoms with van der Waals surface area (Å²) in [6, 6.07) is 9.58. The van der Waals surface area contributed by atoms with Crippen LogP contribution < -0.4 is 0 Å². The molecule has 0 spiro atoms. The number of halogens is 2. The number of fused-ring (bicyclic) bond motifs is 1. The van der Waals surface area contributed by atoms with Crippen LogP contribution in [0.5, 0.6) is 0 Å². The van der Waals surface area contributed by atoms with Gasteiger partial charge in [-0.15, -0.1) is 0 Å². The van der Waals surface area contributed by atoms with Gasteiger partial charge in [-0.3, -0.25) is 0 Å². The third-order valence-corrected chi connectivity index (χ3v) is 7.13. The number of rotatable bonds is 5. The maximum atomic E-state index is 14.9. The lowest BCUT2D eigenvalue weighted by atomic mass is 9.78. The van der Waals surface area contributed by atoms with E-state index in [1.54, 1.807) is 10.7 Å². The first-order chi connectivity index (χ1) is 15.5. The molecular weight excluding hydrogens is 431 g/mol. The van der Waals surface area contributed by atoms with Gasteiger partial charge in [-0.25, -0.2) is 13.9 Å². The van der Waals surface area contributed by atoms with Crippen LogP contribution in [0.15, 0.2) is 36.4 Å². The van der Waals surface area contributed by atoms with Gasteiger partial charge in [0.25, 0.3) is 0 Å². The van der Waals surface area contributed by atoms with Gasteiger partial charge in [-0.2, -0.15) is 5.10 Å². The summed E-state index contributed by atoms with van der Waals surface area (Å²) >= 11 is 6.56. The minimum Gasteiger partial charge on any atom is -0.478 e. The van der Waals surface area contributed by atoms with Gasteiger partial charge in [-0.05, 0) is 74.3 Å². The lowest BCUT2D eigenvalue weighted by molar-refractivity contribution is 0.0696. The van der Waals surface area contributed by atoms with Gasteiger partial charge in [0, 0.05) is 27.4 Å². The van der Waals surface area contributed by atoms with Crippen molar-refractivity contribution in [2.45, 2.75) is 57.1 Å². The molecule has 5 rings (SSSR count). The van der Waals surface area contributed by atoms with Crippen molar-refractivity contribution in [3.63, 3.8) is 0 Å². The van der Waals surface area contributed by atoms with Crippen molar-refractivity contribution in [1.29, 1.82) is 0 Å². The van der Waals surface area contributed by atoms with Crippen molar-refractivity contribution < 1.29 is 19.4 Å². The number of benzene rings is 2. The Morgan fingerprint density at radius 1 is 1.16 bits per heavy atom. The van der Waals surface area contributed by atoms with E-state index in [2.05, 4.69) is 5.10 Å². The Morgan fingerprint density at radius 2 is 1.94 bits per heavy atom. The highest BCUT2D eigenvalue weighted by molar-refractivity contribution is 6.31. The standard InChI is InChI=1S/C25H24ClFN2O3/c26-19-9-4-8-16(14-5-3-6-14)22(19)24(30)29-21-10-2-1-7-18(21)23(28-29)17-12-11-15(25(31)32)13-20(17)27/h4,8-9,11-14,24,30H,1-3,5-7,10H2,(H,31,32). The van der Waals surface area contributed by atoms with E-state index >= 15 is 0 Å². The van der Waals surface area contributed by atoms with Crippen LogP contribution >= 0.6 is 11.6 Å². The van der Waals surface area contributed by atoms with E-state index in [0.717, 1.165) is 61.4 Å². The highest BCUT2D eigenvalue weighted by Crippen LogP contribution is 2.43. The van der Waals surface area contributed by atoms with E-state index < -0.39 is 18.0 Å². The average Bonchev–Trinajstić information content (AvgIpc) is 3.12. The molecule has 1 unspecified atom stereocenters. The molecule has 0 bridgehead atoms. The van der Waals surface area contributed by atoms with E-state index in [9.17, 15) is 14.3 Å². The average molecular weight is 455 g/mol. The molecule has 1 fully saturated rings. The molecule has 5 nitrogen and oxygen atoms in total. The zero-order valence-electron chi connectivity index (χ0n) is 17.5.